The number of aryl methyl sites for hydroxylation is 4. The van der Waals surface area contributed by atoms with Gasteiger partial charge in [0.2, 0.25) is 5.91 Å². The molecule has 2 nitrogen and oxygen atoms in total. The molecule has 0 aliphatic rings. The second-order valence-corrected chi connectivity index (χ2v) is 5.93. The van der Waals surface area contributed by atoms with E-state index in [0.29, 0.717) is 6.42 Å². The molecule has 2 aromatic rings. The molecular weight excluding hydrogens is 270 g/mol. The highest BCUT2D eigenvalue weighted by molar-refractivity contribution is 5.76. The Morgan fingerprint density at radius 1 is 0.909 bits per heavy atom. The molecule has 22 heavy (non-hydrogen) atoms. The van der Waals surface area contributed by atoms with Gasteiger partial charge in [-0.15, -0.1) is 0 Å². The summed E-state index contributed by atoms with van der Waals surface area (Å²) >= 11 is 0. The number of carbonyl (C=O) groups is 1. The van der Waals surface area contributed by atoms with Gasteiger partial charge in [-0.3, -0.25) is 4.79 Å². The van der Waals surface area contributed by atoms with Crippen molar-refractivity contribution >= 4 is 5.91 Å². The van der Waals surface area contributed by atoms with E-state index in [2.05, 4.69) is 67.7 Å². The Kier molecular flexibility index (Phi) is 6.20. The van der Waals surface area contributed by atoms with Crippen molar-refractivity contribution in [3.05, 3.63) is 70.8 Å². The van der Waals surface area contributed by atoms with Crippen LogP contribution in [0.3, 0.4) is 0 Å². The standard InChI is InChI=1S/C20H25NO/c1-16-8-10-18(11-9-16)12-13-20(22)21-14-4-7-19-6-3-5-17(2)15-19/h3,5-6,8-11,15H,4,7,12-14H2,1-2H3,(H,21,22). The van der Waals surface area contributed by atoms with Crippen LogP contribution in [0.1, 0.15) is 35.1 Å². The first-order chi connectivity index (χ1) is 10.6. The summed E-state index contributed by atoms with van der Waals surface area (Å²) in [6.45, 7) is 4.93. The Bertz CT molecular complexity index is 601. The van der Waals surface area contributed by atoms with Crippen molar-refractivity contribution in [1.29, 1.82) is 0 Å². The molecule has 0 unspecified atom stereocenters. The summed E-state index contributed by atoms with van der Waals surface area (Å²) in [5.41, 5.74) is 5.11. The minimum absolute atomic E-state index is 0.143. The van der Waals surface area contributed by atoms with Gasteiger partial charge in [-0.05, 0) is 44.2 Å². The van der Waals surface area contributed by atoms with Gasteiger partial charge in [-0.1, -0.05) is 59.7 Å². The average Bonchev–Trinajstić information content (AvgIpc) is 2.51. The molecule has 1 amide bonds. The summed E-state index contributed by atoms with van der Waals surface area (Å²) in [4.78, 5) is 11.8. The van der Waals surface area contributed by atoms with E-state index >= 15 is 0 Å². The Labute approximate surface area is 133 Å². The molecule has 0 aromatic heterocycles. The molecule has 0 saturated heterocycles. The molecule has 0 fully saturated rings. The summed E-state index contributed by atoms with van der Waals surface area (Å²) < 4.78 is 0. The number of rotatable bonds is 7. The van der Waals surface area contributed by atoms with E-state index in [1.54, 1.807) is 0 Å². The minimum atomic E-state index is 0.143. The lowest BCUT2D eigenvalue weighted by atomic mass is 10.1. The van der Waals surface area contributed by atoms with Gasteiger partial charge < -0.3 is 5.32 Å². The molecule has 0 atom stereocenters. The second kappa shape index (κ2) is 8.38. The van der Waals surface area contributed by atoms with Gasteiger partial charge in [0, 0.05) is 13.0 Å². The van der Waals surface area contributed by atoms with E-state index in [9.17, 15) is 4.79 Å². The number of benzene rings is 2. The van der Waals surface area contributed by atoms with E-state index in [4.69, 9.17) is 0 Å². The van der Waals surface area contributed by atoms with Gasteiger partial charge in [0.1, 0.15) is 0 Å². The van der Waals surface area contributed by atoms with Crippen LogP contribution in [0.2, 0.25) is 0 Å². The summed E-state index contributed by atoms with van der Waals surface area (Å²) in [6.07, 6.45) is 3.37. The van der Waals surface area contributed by atoms with Crippen LogP contribution in [0, 0.1) is 13.8 Å². The Morgan fingerprint density at radius 2 is 1.68 bits per heavy atom. The number of nitrogens with one attached hydrogen (secondary N) is 1. The molecule has 0 bridgehead atoms. The largest absolute Gasteiger partial charge is 0.356 e. The van der Waals surface area contributed by atoms with E-state index < -0.39 is 0 Å². The summed E-state index contributed by atoms with van der Waals surface area (Å²) in [5, 5.41) is 3.01. The van der Waals surface area contributed by atoms with Crippen LogP contribution in [0.5, 0.6) is 0 Å². The minimum Gasteiger partial charge on any atom is -0.356 e. The first-order valence-electron chi connectivity index (χ1n) is 8.01. The molecule has 2 heteroatoms. The maximum absolute atomic E-state index is 11.8. The molecular formula is C20H25NO. The zero-order chi connectivity index (χ0) is 15.8. The smallest absolute Gasteiger partial charge is 0.220 e. The fraction of sp³-hybridized carbons (Fsp3) is 0.350. The van der Waals surface area contributed by atoms with Crippen molar-refractivity contribution in [3.63, 3.8) is 0 Å². The van der Waals surface area contributed by atoms with Crippen molar-refractivity contribution in [2.24, 2.45) is 0 Å². The molecule has 0 spiro atoms. The third kappa shape index (κ3) is 5.72. The third-order valence-corrected chi connectivity index (χ3v) is 3.81. The Balaban J connectivity index is 1.62. The molecule has 2 rings (SSSR count). The highest BCUT2D eigenvalue weighted by Crippen LogP contribution is 2.07. The molecule has 0 radical (unpaired) electrons. The van der Waals surface area contributed by atoms with E-state index in [-0.39, 0.29) is 5.91 Å². The second-order valence-electron chi connectivity index (χ2n) is 5.93. The van der Waals surface area contributed by atoms with Crippen LogP contribution >= 0.6 is 0 Å². The Hall–Kier alpha value is -2.09. The molecule has 0 aliphatic carbocycles. The van der Waals surface area contributed by atoms with E-state index in [0.717, 1.165) is 25.8 Å². The van der Waals surface area contributed by atoms with E-state index in [1.165, 1.54) is 22.3 Å². The highest BCUT2D eigenvalue weighted by atomic mass is 16.1. The third-order valence-electron chi connectivity index (χ3n) is 3.81. The summed E-state index contributed by atoms with van der Waals surface area (Å²) in [5.74, 6) is 0.143. The summed E-state index contributed by atoms with van der Waals surface area (Å²) in [6, 6.07) is 16.9. The number of hydrogen-bond acceptors (Lipinski definition) is 1. The van der Waals surface area contributed by atoms with Crippen LogP contribution in [0.4, 0.5) is 0 Å². The van der Waals surface area contributed by atoms with Crippen molar-refractivity contribution in [1.82, 2.24) is 5.32 Å². The van der Waals surface area contributed by atoms with Crippen LogP contribution in [-0.4, -0.2) is 12.5 Å². The van der Waals surface area contributed by atoms with Gasteiger partial charge in [-0.2, -0.15) is 0 Å². The molecule has 0 saturated carbocycles. The van der Waals surface area contributed by atoms with E-state index in [1.807, 2.05) is 0 Å². The Morgan fingerprint density at radius 3 is 2.41 bits per heavy atom. The molecule has 0 heterocycles. The summed E-state index contributed by atoms with van der Waals surface area (Å²) in [7, 11) is 0. The van der Waals surface area contributed by atoms with Gasteiger partial charge in [0.25, 0.3) is 0 Å². The fourth-order valence-corrected chi connectivity index (χ4v) is 2.49. The molecule has 2 aromatic carbocycles. The van der Waals surface area contributed by atoms with Crippen molar-refractivity contribution in [2.75, 3.05) is 6.54 Å². The zero-order valence-corrected chi connectivity index (χ0v) is 13.6. The van der Waals surface area contributed by atoms with Crippen molar-refractivity contribution in [2.45, 2.75) is 39.5 Å². The first-order valence-corrected chi connectivity index (χ1v) is 8.01. The highest BCUT2D eigenvalue weighted by Gasteiger charge is 2.02. The number of hydrogen-bond donors (Lipinski definition) is 1. The van der Waals surface area contributed by atoms with Gasteiger partial charge in [0.05, 0.1) is 0 Å². The predicted molar refractivity (Wildman–Crippen MR) is 92.0 cm³/mol. The van der Waals surface area contributed by atoms with Crippen LogP contribution in [0.25, 0.3) is 0 Å². The van der Waals surface area contributed by atoms with Crippen molar-refractivity contribution < 1.29 is 4.79 Å². The molecule has 1 N–H and O–H groups in total. The quantitative estimate of drug-likeness (QED) is 0.769. The SMILES string of the molecule is Cc1ccc(CCC(=O)NCCCc2cccc(C)c2)cc1. The van der Waals surface area contributed by atoms with Gasteiger partial charge in [-0.25, -0.2) is 0 Å². The monoisotopic (exact) mass is 295 g/mol. The predicted octanol–water partition coefficient (Wildman–Crippen LogP) is 3.99. The fourth-order valence-electron chi connectivity index (χ4n) is 2.49. The lowest BCUT2D eigenvalue weighted by molar-refractivity contribution is -0.121. The number of amides is 1. The van der Waals surface area contributed by atoms with Gasteiger partial charge in [0.15, 0.2) is 0 Å². The van der Waals surface area contributed by atoms with Crippen molar-refractivity contribution in [3.8, 4) is 0 Å². The normalized spacial score (nSPS) is 10.5. The first kappa shape index (κ1) is 16.3. The zero-order valence-electron chi connectivity index (χ0n) is 13.6. The molecule has 116 valence electrons. The molecule has 0 aliphatic heterocycles. The maximum Gasteiger partial charge on any atom is 0.220 e. The average molecular weight is 295 g/mol. The topological polar surface area (TPSA) is 29.1 Å². The van der Waals surface area contributed by atoms with Crippen LogP contribution < -0.4 is 5.32 Å². The lowest BCUT2D eigenvalue weighted by Gasteiger charge is -2.06. The van der Waals surface area contributed by atoms with Crippen LogP contribution in [0.15, 0.2) is 48.5 Å². The van der Waals surface area contributed by atoms with Gasteiger partial charge >= 0.3 is 0 Å². The maximum atomic E-state index is 11.8. The number of carbonyl (C=O) groups excluding carboxylic acids is 1. The van der Waals surface area contributed by atoms with Crippen LogP contribution in [-0.2, 0) is 17.6 Å². The lowest BCUT2D eigenvalue weighted by Crippen LogP contribution is -2.24.